The van der Waals surface area contributed by atoms with Crippen molar-refractivity contribution in [2.45, 2.75) is 127 Å². The number of benzene rings is 2. The lowest BCUT2D eigenvalue weighted by molar-refractivity contribution is -0.128. The Morgan fingerprint density at radius 3 is 2.22 bits per heavy atom. The number of halogens is 2. The van der Waals surface area contributed by atoms with Crippen LogP contribution in [0.25, 0.3) is 22.4 Å². The molecule has 350 valence electrons. The lowest BCUT2D eigenvalue weighted by Crippen LogP contribution is -2.41. The number of likely N-dealkylation sites (N-methyl/N-ethyl adjacent to an activating group) is 1. The third-order valence-electron chi connectivity index (χ3n) is 11.2. The summed E-state index contributed by atoms with van der Waals surface area (Å²) in [6.45, 7) is 25.5. The van der Waals surface area contributed by atoms with Crippen molar-refractivity contribution in [2.24, 2.45) is 11.8 Å². The summed E-state index contributed by atoms with van der Waals surface area (Å²) in [5.74, 6) is 1.06. The van der Waals surface area contributed by atoms with Gasteiger partial charge >= 0.3 is 0 Å². The number of nitrogens with zero attached hydrogens (tertiary/aromatic N) is 3. The molecule has 0 saturated carbocycles. The molecule has 1 aliphatic heterocycles. The smallest absolute Gasteiger partial charge is 0.266 e. The molecule has 3 unspecified atom stereocenters. The molecule has 0 fully saturated rings. The van der Waals surface area contributed by atoms with Gasteiger partial charge in [-0.15, -0.1) is 0 Å². The highest BCUT2D eigenvalue weighted by atomic mass is 35.5. The van der Waals surface area contributed by atoms with Crippen molar-refractivity contribution in [1.29, 1.82) is 0 Å². The molecule has 1 aliphatic carbocycles. The standard InChI is InChI=1S/C31H30ClFN4O3.C8H18.C6H13NO.C4H10O.C2H6/c1-16-10-11-19-14-25(35-30(40-6)26(16)19)21-12-13-23(33)27(28(21)32)20-8-7-9-24(17(20)2)34-29(38)22-15-36(4)18(3)37(5)31(22)39;1-4-6-7-8(3)5-2;1-4-5(2)6(8)7-3;1-3-4-5-2;1-2/h7-9,12-16H,3,10-11H2,1-2,4-6H3,(H,34,38);8H,4-7H2,1-3H3;5H,4H2,1-3H3,(H,7,8);3-4H2,1-2H3;1-2H3. The van der Waals surface area contributed by atoms with E-state index < -0.39 is 17.6 Å². The number of carbonyl (C=O) groups is 3. The molecule has 0 bridgehead atoms. The predicted octanol–water partition coefficient (Wildman–Crippen LogP) is 12.3. The van der Waals surface area contributed by atoms with Gasteiger partial charge in [0.05, 0.1) is 17.8 Å². The van der Waals surface area contributed by atoms with Gasteiger partial charge in [-0.3, -0.25) is 19.3 Å². The molecule has 0 saturated heterocycles. The second-order valence-corrected chi connectivity index (χ2v) is 16.1. The molecule has 63 heavy (non-hydrogen) atoms. The fraction of sp³-hybridized carbons (Fsp3) is 0.529. The van der Waals surface area contributed by atoms with Gasteiger partial charge in [0.25, 0.3) is 11.8 Å². The average Bonchev–Trinajstić information content (AvgIpc) is 3.67. The first-order chi connectivity index (χ1) is 30.0. The average molecular weight is 895 g/mol. The van der Waals surface area contributed by atoms with E-state index in [1.54, 1.807) is 71.5 Å². The molecular formula is C51H77ClFN5O5. The molecule has 2 aliphatic rings. The molecule has 3 atom stereocenters. The first-order valence-corrected chi connectivity index (χ1v) is 22.9. The van der Waals surface area contributed by atoms with E-state index in [1.165, 1.54) is 42.8 Å². The van der Waals surface area contributed by atoms with Gasteiger partial charge in [0, 0.05) is 69.4 Å². The molecule has 2 heterocycles. The maximum Gasteiger partial charge on any atom is 0.266 e. The Balaban J connectivity index is 0.000000710. The van der Waals surface area contributed by atoms with Crippen molar-refractivity contribution in [1.82, 2.24) is 20.1 Å². The van der Waals surface area contributed by atoms with E-state index in [0.717, 1.165) is 49.3 Å². The van der Waals surface area contributed by atoms with Gasteiger partial charge < -0.3 is 25.0 Å². The molecule has 2 aromatic carbocycles. The molecule has 10 nitrogen and oxygen atoms in total. The number of aryl methyl sites for hydroxylation is 1. The number of pyridine rings is 1. The molecule has 3 aromatic rings. The number of methoxy groups -OCH3 is 2. The number of unbranched alkanes of at least 4 members (excludes halogenated alkanes) is 1. The first-order valence-electron chi connectivity index (χ1n) is 22.6. The van der Waals surface area contributed by atoms with Crippen LogP contribution in [0.4, 0.5) is 10.1 Å². The number of anilines is 1. The fourth-order valence-electron chi connectivity index (χ4n) is 6.76. The van der Waals surface area contributed by atoms with Crippen LogP contribution < -0.4 is 15.4 Å². The number of aromatic nitrogens is 1. The fourth-order valence-corrected chi connectivity index (χ4v) is 7.11. The Hall–Kier alpha value is -4.74. The summed E-state index contributed by atoms with van der Waals surface area (Å²) in [5.41, 5.74) is 5.14. The Labute approximate surface area is 384 Å². The molecule has 0 spiro atoms. The lowest BCUT2D eigenvalue weighted by Gasteiger charge is -2.31. The minimum atomic E-state index is -0.583. The molecular weight excluding hydrogens is 817 g/mol. The SMILES string of the molecule is C=C1N(C)C=C(C(=O)Nc2cccc(-c3c(F)ccc(-c4cc5c(c(OC)n4)C(C)CC5)c3Cl)c2C)C(=O)N1C.CC.CCC(C)C(=O)NC.CCCCC(C)CC.CCCOC. The van der Waals surface area contributed by atoms with E-state index in [2.05, 4.69) is 51.8 Å². The van der Waals surface area contributed by atoms with Crippen LogP contribution in [-0.4, -0.2) is 74.5 Å². The summed E-state index contributed by atoms with van der Waals surface area (Å²) in [5, 5.41) is 5.59. The quantitative estimate of drug-likeness (QED) is 0.164. The Kier molecular flexibility index (Phi) is 25.8. The minimum Gasteiger partial charge on any atom is -0.481 e. The van der Waals surface area contributed by atoms with Crippen LogP contribution in [0, 0.1) is 24.6 Å². The first kappa shape index (κ1) is 56.3. The van der Waals surface area contributed by atoms with Crippen LogP contribution >= 0.6 is 11.6 Å². The van der Waals surface area contributed by atoms with Crippen LogP contribution in [0.15, 0.2) is 60.6 Å². The zero-order valence-corrected chi connectivity index (χ0v) is 41.7. The maximum absolute atomic E-state index is 15.4. The second-order valence-electron chi connectivity index (χ2n) is 15.8. The Morgan fingerprint density at radius 1 is 1.03 bits per heavy atom. The van der Waals surface area contributed by atoms with Crippen molar-refractivity contribution < 1.29 is 28.2 Å². The molecule has 12 heteroatoms. The number of amides is 3. The van der Waals surface area contributed by atoms with Gasteiger partial charge in [-0.1, -0.05) is 118 Å². The van der Waals surface area contributed by atoms with Crippen molar-refractivity contribution >= 4 is 35.0 Å². The Bertz CT molecular complexity index is 1980. The number of nitrogens with one attached hydrogen (secondary N) is 2. The van der Waals surface area contributed by atoms with Crippen LogP contribution in [0.3, 0.4) is 0 Å². The van der Waals surface area contributed by atoms with E-state index in [1.807, 2.05) is 33.8 Å². The number of fused-ring (bicyclic) bond motifs is 1. The van der Waals surface area contributed by atoms with Gasteiger partial charge in [-0.05, 0) is 85.4 Å². The summed E-state index contributed by atoms with van der Waals surface area (Å²) in [6.07, 6.45) is 10.9. The van der Waals surface area contributed by atoms with Crippen molar-refractivity contribution in [3.05, 3.63) is 88.1 Å². The van der Waals surface area contributed by atoms with Gasteiger partial charge in [0.2, 0.25) is 11.8 Å². The zero-order valence-electron chi connectivity index (χ0n) is 41.0. The summed E-state index contributed by atoms with van der Waals surface area (Å²) < 4.78 is 25.7. The van der Waals surface area contributed by atoms with E-state index >= 15 is 4.39 Å². The highest BCUT2D eigenvalue weighted by molar-refractivity contribution is 6.36. The lowest BCUT2D eigenvalue weighted by atomic mass is 9.95. The van der Waals surface area contributed by atoms with Crippen LogP contribution in [0.1, 0.15) is 130 Å². The number of rotatable bonds is 13. The van der Waals surface area contributed by atoms with Crippen molar-refractivity contribution in [3.63, 3.8) is 0 Å². The third kappa shape index (κ3) is 15.8. The second kappa shape index (κ2) is 28.8. The third-order valence-corrected chi connectivity index (χ3v) is 11.6. The van der Waals surface area contributed by atoms with E-state index in [0.29, 0.717) is 45.7 Å². The monoisotopic (exact) mass is 894 g/mol. The van der Waals surface area contributed by atoms with Gasteiger partial charge in [-0.25, -0.2) is 9.37 Å². The number of carbonyl (C=O) groups excluding carboxylic acids is 3. The van der Waals surface area contributed by atoms with E-state index in [-0.39, 0.29) is 28.0 Å². The summed E-state index contributed by atoms with van der Waals surface area (Å²) in [4.78, 5) is 44.1. The number of hydrogen-bond acceptors (Lipinski definition) is 7. The highest BCUT2D eigenvalue weighted by Crippen LogP contribution is 2.44. The largest absolute Gasteiger partial charge is 0.481 e. The van der Waals surface area contributed by atoms with Gasteiger partial charge in [0.15, 0.2) is 0 Å². The highest BCUT2D eigenvalue weighted by Gasteiger charge is 2.30. The van der Waals surface area contributed by atoms with E-state index in [4.69, 9.17) is 26.1 Å². The Morgan fingerprint density at radius 2 is 1.70 bits per heavy atom. The summed E-state index contributed by atoms with van der Waals surface area (Å²) in [6, 6.07) is 10.1. The molecule has 2 N–H and O–H groups in total. The van der Waals surface area contributed by atoms with Crippen molar-refractivity contribution in [3.8, 4) is 28.3 Å². The zero-order chi connectivity index (χ0) is 48.0. The van der Waals surface area contributed by atoms with Gasteiger partial charge in [0.1, 0.15) is 17.2 Å². The van der Waals surface area contributed by atoms with Crippen LogP contribution in [-0.2, 0) is 25.5 Å². The van der Waals surface area contributed by atoms with Gasteiger partial charge in [-0.2, -0.15) is 0 Å². The molecule has 1 aromatic heterocycles. The molecule has 3 amide bonds. The summed E-state index contributed by atoms with van der Waals surface area (Å²) >= 11 is 6.89. The van der Waals surface area contributed by atoms with E-state index in [9.17, 15) is 14.4 Å². The van der Waals surface area contributed by atoms with Crippen LogP contribution in [0.2, 0.25) is 5.02 Å². The molecule has 0 radical (unpaired) electrons. The van der Waals surface area contributed by atoms with Crippen LogP contribution in [0.5, 0.6) is 5.88 Å². The predicted molar refractivity (Wildman–Crippen MR) is 261 cm³/mol. The number of hydrogen-bond donors (Lipinski definition) is 2. The minimum absolute atomic E-state index is 0.0423. The number of ether oxygens (including phenoxy) is 2. The van der Waals surface area contributed by atoms with Crippen molar-refractivity contribution in [2.75, 3.05) is 47.3 Å². The summed E-state index contributed by atoms with van der Waals surface area (Å²) in [7, 11) is 8.23. The topological polar surface area (TPSA) is 113 Å². The maximum atomic E-state index is 15.4. The molecule has 5 rings (SSSR count). The normalized spacial score (nSPS) is 14.7.